The highest BCUT2D eigenvalue weighted by molar-refractivity contribution is 14.0. The second kappa shape index (κ2) is 12.3. The van der Waals surface area contributed by atoms with Gasteiger partial charge >= 0.3 is 6.18 Å². The molecule has 2 rings (SSSR count). The summed E-state index contributed by atoms with van der Waals surface area (Å²) in [4.78, 5) is 12.0. The van der Waals surface area contributed by atoms with Crippen molar-refractivity contribution in [3.8, 4) is 0 Å². The summed E-state index contributed by atoms with van der Waals surface area (Å²) in [6.45, 7) is 4.69. The Kier molecular flexibility index (Phi) is 10.9. The van der Waals surface area contributed by atoms with Gasteiger partial charge in [-0.1, -0.05) is 6.07 Å². The number of halogens is 4. The van der Waals surface area contributed by atoms with E-state index in [0.717, 1.165) is 37.7 Å². The lowest BCUT2D eigenvalue weighted by atomic mass is 10.2. The van der Waals surface area contributed by atoms with Crippen molar-refractivity contribution in [2.45, 2.75) is 32.0 Å². The molecule has 0 saturated carbocycles. The van der Waals surface area contributed by atoms with Gasteiger partial charge < -0.3 is 15.5 Å². The predicted octanol–water partition coefficient (Wildman–Crippen LogP) is 3.04. The van der Waals surface area contributed by atoms with Crippen LogP contribution < -0.4 is 10.6 Å². The van der Waals surface area contributed by atoms with Crippen LogP contribution in [0.2, 0.25) is 0 Å². The van der Waals surface area contributed by atoms with Crippen molar-refractivity contribution >= 4 is 35.8 Å². The molecular formula is C18H30F3IN6. The molecule has 0 bridgehead atoms. The van der Waals surface area contributed by atoms with Crippen molar-refractivity contribution in [1.29, 1.82) is 0 Å². The van der Waals surface area contributed by atoms with Crippen LogP contribution in [0.5, 0.6) is 0 Å². The van der Waals surface area contributed by atoms with E-state index >= 15 is 0 Å². The Labute approximate surface area is 182 Å². The number of hydrogen-bond acceptors (Lipinski definition) is 4. The molecule has 10 heteroatoms. The van der Waals surface area contributed by atoms with E-state index < -0.39 is 12.2 Å². The zero-order chi connectivity index (χ0) is 19.7. The molecule has 0 radical (unpaired) electrons. The molecule has 1 aliphatic heterocycles. The van der Waals surface area contributed by atoms with Crippen LogP contribution in [0.4, 0.5) is 19.0 Å². The van der Waals surface area contributed by atoms with Crippen molar-refractivity contribution in [3.05, 3.63) is 24.4 Å². The van der Waals surface area contributed by atoms with Crippen molar-refractivity contribution in [3.63, 3.8) is 0 Å². The zero-order valence-corrected chi connectivity index (χ0v) is 18.7. The third-order valence-electron chi connectivity index (χ3n) is 4.70. The van der Waals surface area contributed by atoms with E-state index in [1.807, 2.05) is 23.1 Å². The fraction of sp³-hybridized carbons (Fsp3) is 0.667. The second-order valence-electron chi connectivity index (χ2n) is 6.56. The van der Waals surface area contributed by atoms with Crippen molar-refractivity contribution in [2.24, 2.45) is 4.99 Å². The fourth-order valence-electron chi connectivity index (χ4n) is 2.99. The molecule has 1 aromatic rings. The van der Waals surface area contributed by atoms with E-state index in [4.69, 9.17) is 0 Å². The summed E-state index contributed by atoms with van der Waals surface area (Å²) in [5, 5.41) is 6.56. The summed E-state index contributed by atoms with van der Waals surface area (Å²) < 4.78 is 38.5. The molecule has 1 atom stereocenters. The number of rotatable bonds is 7. The topological polar surface area (TPSA) is 55.8 Å². The molecule has 1 aromatic heterocycles. The third-order valence-corrected chi connectivity index (χ3v) is 4.70. The Hall–Kier alpha value is -1.30. The molecule has 6 nitrogen and oxygen atoms in total. The van der Waals surface area contributed by atoms with Gasteiger partial charge in [0.2, 0.25) is 0 Å². The number of piperazine rings is 1. The quantitative estimate of drug-likeness (QED) is 0.254. The number of guanidine groups is 1. The van der Waals surface area contributed by atoms with Crippen molar-refractivity contribution in [2.75, 3.05) is 51.6 Å². The number of nitrogens with one attached hydrogen (secondary N) is 2. The van der Waals surface area contributed by atoms with Gasteiger partial charge in [-0.15, -0.1) is 24.0 Å². The van der Waals surface area contributed by atoms with Gasteiger partial charge in [0.25, 0.3) is 0 Å². The molecule has 0 amide bonds. The Morgan fingerprint density at radius 1 is 1.18 bits per heavy atom. The Balaban J connectivity index is 0.00000392. The lowest BCUT2D eigenvalue weighted by Gasteiger charge is -2.39. The molecule has 1 unspecified atom stereocenters. The maximum absolute atomic E-state index is 12.8. The van der Waals surface area contributed by atoms with Crippen LogP contribution in [-0.2, 0) is 0 Å². The van der Waals surface area contributed by atoms with Crippen LogP contribution in [-0.4, -0.2) is 79.3 Å². The zero-order valence-electron chi connectivity index (χ0n) is 16.4. The number of aromatic nitrogens is 1. The molecule has 0 aliphatic carbocycles. The first kappa shape index (κ1) is 24.7. The average molecular weight is 514 g/mol. The van der Waals surface area contributed by atoms with E-state index in [-0.39, 0.29) is 24.0 Å². The van der Waals surface area contributed by atoms with Gasteiger partial charge in [0.15, 0.2) is 5.96 Å². The highest BCUT2D eigenvalue weighted by Crippen LogP contribution is 2.25. The van der Waals surface area contributed by atoms with E-state index in [9.17, 15) is 13.2 Å². The Morgan fingerprint density at radius 3 is 2.43 bits per heavy atom. The minimum absolute atomic E-state index is 0. The van der Waals surface area contributed by atoms with E-state index in [2.05, 4.69) is 20.6 Å². The standard InChI is InChI=1S/C18H29F3N6.HI/c1-15(18(19,20)21)26-11-13-27(14-12-26)17(22-2)25-10-6-5-9-24-16-7-3-4-8-23-16;/h3-4,7-8,15H,5-6,9-14H2,1-2H3,(H,22,25)(H,23,24);1H. The monoisotopic (exact) mass is 514 g/mol. The summed E-state index contributed by atoms with van der Waals surface area (Å²) in [6, 6.07) is 4.35. The highest BCUT2D eigenvalue weighted by atomic mass is 127. The number of anilines is 1. The second-order valence-corrected chi connectivity index (χ2v) is 6.56. The molecule has 28 heavy (non-hydrogen) atoms. The minimum Gasteiger partial charge on any atom is -0.370 e. The van der Waals surface area contributed by atoms with Gasteiger partial charge in [-0.3, -0.25) is 9.89 Å². The van der Waals surface area contributed by atoms with E-state index in [1.54, 1.807) is 13.2 Å². The van der Waals surface area contributed by atoms with Crippen LogP contribution in [0.25, 0.3) is 0 Å². The summed E-state index contributed by atoms with van der Waals surface area (Å²) >= 11 is 0. The van der Waals surface area contributed by atoms with Gasteiger partial charge in [0.05, 0.1) is 0 Å². The van der Waals surface area contributed by atoms with Gasteiger partial charge in [-0.2, -0.15) is 13.2 Å². The highest BCUT2D eigenvalue weighted by Gasteiger charge is 2.41. The molecule has 1 saturated heterocycles. The molecule has 1 fully saturated rings. The summed E-state index contributed by atoms with van der Waals surface area (Å²) in [6.07, 6.45) is -0.476. The minimum atomic E-state index is -4.18. The molecule has 2 heterocycles. The number of aliphatic imine (C=N–C) groups is 1. The lowest BCUT2D eigenvalue weighted by Crippen LogP contribution is -2.56. The SMILES string of the molecule is CN=C(NCCCCNc1ccccn1)N1CCN(C(C)C(F)(F)F)CC1.I. The van der Waals surface area contributed by atoms with E-state index in [1.165, 1.54) is 11.8 Å². The lowest BCUT2D eigenvalue weighted by molar-refractivity contribution is -0.181. The number of nitrogens with zero attached hydrogens (tertiary/aromatic N) is 4. The first-order valence-electron chi connectivity index (χ1n) is 9.33. The molecule has 0 aromatic carbocycles. The molecule has 1 aliphatic rings. The van der Waals surface area contributed by atoms with Crippen molar-refractivity contribution < 1.29 is 13.2 Å². The normalized spacial score (nSPS) is 17.0. The maximum Gasteiger partial charge on any atom is 0.403 e. The van der Waals surface area contributed by atoms with Crippen LogP contribution in [0.1, 0.15) is 19.8 Å². The summed E-state index contributed by atoms with van der Waals surface area (Å²) in [5.41, 5.74) is 0. The first-order chi connectivity index (χ1) is 12.9. The third kappa shape index (κ3) is 7.98. The smallest absolute Gasteiger partial charge is 0.370 e. The first-order valence-corrected chi connectivity index (χ1v) is 9.33. The molecule has 0 spiro atoms. The van der Waals surface area contributed by atoms with Crippen LogP contribution >= 0.6 is 24.0 Å². The predicted molar refractivity (Wildman–Crippen MR) is 117 cm³/mol. The summed E-state index contributed by atoms with van der Waals surface area (Å²) in [5.74, 6) is 1.62. The van der Waals surface area contributed by atoms with Gasteiger partial charge in [-0.05, 0) is 31.9 Å². The maximum atomic E-state index is 12.8. The Bertz CT molecular complexity index is 576. The molecule has 2 N–H and O–H groups in total. The average Bonchev–Trinajstić information content (AvgIpc) is 2.67. The Morgan fingerprint density at radius 2 is 1.86 bits per heavy atom. The van der Waals surface area contributed by atoms with Crippen molar-refractivity contribution in [1.82, 2.24) is 20.1 Å². The molecular weight excluding hydrogens is 484 g/mol. The molecule has 160 valence electrons. The summed E-state index contributed by atoms with van der Waals surface area (Å²) in [7, 11) is 1.70. The van der Waals surface area contributed by atoms with Crippen LogP contribution in [0.3, 0.4) is 0 Å². The fourth-order valence-corrected chi connectivity index (χ4v) is 2.99. The van der Waals surface area contributed by atoms with Gasteiger partial charge in [-0.25, -0.2) is 4.98 Å². The van der Waals surface area contributed by atoms with Gasteiger partial charge in [0, 0.05) is 52.5 Å². The number of alkyl halides is 3. The number of unbranched alkanes of at least 4 members (excludes halogenated alkanes) is 1. The number of pyridine rings is 1. The van der Waals surface area contributed by atoms with Crippen LogP contribution in [0.15, 0.2) is 29.4 Å². The van der Waals surface area contributed by atoms with Gasteiger partial charge in [0.1, 0.15) is 11.9 Å². The largest absolute Gasteiger partial charge is 0.403 e. The van der Waals surface area contributed by atoms with Crippen LogP contribution in [0, 0.1) is 0 Å². The number of hydrogen-bond donors (Lipinski definition) is 2. The van der Waals surface area contributed by atoms with E-state index in [0.29, 0.717) is 26.2 Å².